The van der Waals surface area contributed by atoms with Crippen molar-refractivity contribution < 1.29 is 23.8 Å². The molecule has 2 aliphatic rings. The maximum Gasteiger partial charge on any atom is 0.331 e. The van der Waals surface area contributed by atoms with E-state index in [1.807, 2.05) is 12.1 Å². The molecule has 0 saturated carbocycles. The molecule has 6 heteroatoms. The van der Waals surface area contributed by atoms with Crippen molar-refractivity contribution in [2.24, 2.45) is 0 Å². The van der Waals surface area contributed by atoms with Gasteiger partial charge in [0.15, 0.2) is 16.9 Å². The summed E-state index contributed by atoms with van der Waals surface area (Å²) in [6.45, 7) is 3.70. The molecular formula is C20H17NO5. The van der Waals surface area contributed by atoms with Gasteiger partial charge in [-0.05, 0) is 23.8 Å². The Morgan fingerprint density at radius 2 is 2.04 bits per heavy atom. The quantitative estimate of drug-likeness (QED) is 0.481. The van der Waals surface area contributed by atoms with E-state index in [-0.39, 0.29) is 19.3 Å². The number of ether oxygens (including phenoxy) is 3. The number of anilines is 1. The molecule has 0 aliphatic carbocycles. The molecule has 0 aromatic heterocycles. The zero-order chi connectivity index (χ0) is 18.3. The minimum Gasteiger partial charge on any atom is -0.460 e. The first-order chi connectivity index (χ1) is 12.6. The SMILES string of the molecule is C=CCOC(=O)C1(c2ccc3c(c2)OCO3)C(=O)N(C)c2ccccc21. The number of rotatable bonds is 4. The molecule has 2 heterocycles. The van der Waals surface area contributed by atoms with Gasteiger partial charge in [0.05, 0.1) is 0 Å². The van der Waals surface area contributed by atoms with Gasteiger partial charge in [0, 0.05) is 18.3 Å². The van der Waals surface area contributed by atoms with Crippen molar-refractivity contribution in [1.29, 1.82) is 0 Å². The van der Waals surface area contributed by atoms with Crippen LogP contribution in [0.2, 0.25) is 0 Å². The zero-order valence-corrected chi connectivity index (χ0v) is 14.2. The molecule has 0 spiro atoms. The molecule has 1 unspecified atom stereocenters. The fraction of sp³-hybridized carbons (Fsp3) is 0.200. The molecule has 0 bridgehead atoms. The van der Waals surface area contributed by atoms with E-state index in [0.29, 0.717) is 28.3 Å². The first kappa shape index (κ1) is 16.2. The highest BCUT2D eigenvalue weighted by Crippen LogP contribution is 2.48. The van der Waals surface area contributed by atoms with Gasteiger partial charge in [-0.3, -0.25) is 9.59 Å². The van der Waals surface area contributed by atoms with Crippen LogP contribution in [0.1, 0.15) is 11.1 Å². The minimum absolute atomic E-state index is 0.0182. The second kappa shape index (κ2) is 5.91. The van der Waals surface area contributed by atoms with E-state index in [1.54, 1.807) is 37.4 Å². The molecule has 0 fully saturated rings. The summed E-state index contributed by atoms with van der Waals surface area (Å²) < 4.78 is 16.1. The van der Waals surface area contributed by atoms with Crippen LogP contribution in [0.15, 0.2) is 55.1 Å². The number of esters is 1. The summed E-state index contributed by atoms with van der Waals surface area (Å²) in [5.74, 6) is 0.0679. The molecule has 6 nitrogen and oxygen atoms in total. The summed E-state index contributed by atoms with van der Waals surface area (Å²) in [6.07, 6.45) is 1.47. The maximum absolute atomic E-state index is 13.3. The van der Waals surface area contributed by atoms with Crippen molar-refractivity contribution >= 4 is 17.6 Å². The predicted octanol–water partition coefficient (Wildman–Crippen LogP) is 2.41. The average molecular weight is 351 g/mol. The van der Waals surface area contributed by atoms with Crippen LogP contribution in [-0.2, 0) is 19.7 Å². The van der Waals surface area contributed by atoms with E-state index < -0.39 is 11.4 Å². The molecule has 0 N–H and O–H groups in total. The molecule has 0 saturated heterocycles. The fourth-order valence-electron chi connectivity index (χ4n) is 3.53. The van der Waals surface area contributed by atoms with E-state index in [0.717, 1.165) is 0 Å². The predicted molar refractivity (Wildman–Crippen MR) is 94.4 cm³/mol. The number of hydrogen-bond donors (Lipinski definition) is 0. The Balaban J connectivity index is 1.96. The Labute approximate surface area is 150 Å². The molecule has 26 heavy (non-hydrogen) atoms. The monoisotopic (exact) mass is 351 g/mol. The average Bonchev–Trinajstić information content (AvgIpc) is 3.22. The third-order valence-corrected chi connectivity index (χ3v) is 4.74. The number of carbonyl (C=O) groups is 2. The summed E-state index contributed by atoms with van der Waals surface area (Å²) in [6, 6.07) is 12.3. The molecule has 4 rings (SSSR count). The number of nitrogens with zero attached hydrogens (tertiary/aromatic N) is 1. The lowest BCUT2D eigenvalue weighted by molar-refractivity contribution is -0.150. The van der Waals surface area contributed by atoms with Gasteiger partial charge in [0.2, 0.25) is 6.79 Å². The molecule has 1 amide bonds. The van der Waals surface area contributed by atoms with Crippen LogP contribution in [-0.4, -0.2) is 32.3 Å². The molecule has 2 aromatic carbocycles. The van der Waals surface area contributed by atoms with Gasteiger partial charge in [0.25, 0.3) is 5.91 Å². The van der Waals surface area contributed by atoms with Crippen LogP contribution in [0, 0.1) is 0 Å². The lowest BCUT2D eigenvalue weighted by atomic mass is 9.75. The number of carbonyl (C=O) groups excluding carboxylic acids is 2. The number of para-hydroxylation sites is 1. The number of likely N-dealkylation sites (N-methyl/N-ethyl adjacent to an activating group) is 1. The molecule has 1 atom stereocenters. The van der Waals surface area contributed by atoms with Crippen molar-refractivity contribution in [2.45, 2.75) is 5.41 Å². The van der Waals surface area contributed by atoms with Crippen LogP contribution >= 0.6 is 0 Å². The Hall–Kier alpha value is -3.28. The topological polar surface area (TPSA) is 65.1 Å². The standard InChI is InChI=1S/C20H17NO5/c1-3-10-24-19(23)20(13-8-9-16-17(11-13)26-12-25-16)14-6-4-5-7-15(14)21(2)18(20)22/h3-9,11H,1,10,12H2,2H3. The largest absolute Gasteiger partial charge is 0.460 e. The lowest BCUT2D eigenvalue weighted by Gasteiger charge is -2.26. The van der Waals surface area contributed by atoms with Crippen LogP contribution in [0.5, 0.6) is 11.5 Å². The summed E-state index contributed by atoms with van der Waals surface area (Å²) >= 11 is 0. The van der Waals surface area contributed by atoms with E-state index in [9.17, 15) is 9.59 Å². The summed E-state index contributed by atoms with van der Waals surface area (Å²) in [4.78, 5) is 28.0. The highest BCUT2D eigenvalue weighted by Gasteiger charge is 2.58. The number of hydrogen-bond acceptors (Lipinski definition) is 5. The molecule has 2 aliphatic heterocycles. The number of amides is 1. The third kappa shape index (κ3) is 2.05. The minimum atomic E-state index is -1.59. The number of fused-ring (bicyclic) bond motifs is 2. The van der Waals surface area contributed by atoms with E-state index in [1.165, 1.54) is 11.0 Å². The fourth-order valence-corrected chi connectivity index (χ4v) is 3.53. The van der Waals surface area contributed by atoms with Gasteiger partial charge < -0.3 is 19.1 Å². The van der Waals surface area contributed by atoms with Gasteiger partial charge in [0.1, 0.15) is 6.61 Å². The molecule has 2 aromatic rings. The molecule has 0 radical (unpaired) electrons. The Kier molecular flexibility index (Phi) is 3.68. The van der Waals surface area contributed by atoms with Gasteiger partial charge in [-0.15, -0.1) is 0 Å². The normalized spacial score (nSPS) is 20.0. The van der Waals surface area contributed by atoms with Gasteiger partial charge in [-0.2, -0.15) is 0 Å². The second-order valence-corrected chi connectivity index (χ2v) is 6.09. The first-order valence-electron chi connectivity index (χ1n) is 8.16. The maximum atomic E-state index is 13.3. The second-order valence-electron chi connectivity index (χ2n) is 6.09. The van der Waals surface area contributed by atoms with Crippen LogP contribution in [0.3, 0.4) is 0 Å². The Morgan fingerprint density at radius 1 is 1.27 bits per heavy atom. The molecular weight excluding hydrogens is 334 g/mol. The number of benzene rings is 2. The summed E-state index contributed by atoms with van der Waals surface area (Å²) in [5.41, 5.74) is 0.152. The van der Waals surface area contributed by atoms with E-state index in [4.69, 9.17) is 14.2 Å². The van der Waals surface area contributed by atoms with Crippen molar-refractivity contribution in [3.8, 4) is 11.5 Å². The first-order valence-corrected chi connectivity index (χ1v) is 8.16. The summed E-state index contributed by atoms with van der Waals surface area (Å²) in [5, 5.41) is 0. The summed E-state index contributed by atoms with van der Waals surface area (Å²) in [7, 11) is 1.65. The van der Waals surface area contributed by atoms with E-state index >= 15 is 0 Å². The smallest absolute Gasteiger partial charge is 0.331 e. The van der Waals surface area contributed by atoms with Crippen LogP contribution in [0.4, 0.5) is 5.69 Å². The van der Waals surface area contributed by atoms with Crippen molar-refractivity contribution in [3.05, 3.63) is 66.2 Å². The lowest BCUT2D eigenvalue weighted by Crippen LogP contribution is -2.47. The van der Waals surface area contributed by atoms with Crippen molar-refractivity contribution in [3.63, 3.8) is 0 Å². The third-order valence-electron chi connectivity index (χ3n) is 4.74. The Morgan fingerprint density at radius 3 is 2.85 bits per heavy atom. The Bertz CT molecular complexity index is 922. The van der Waals surface area contributed by atoms with Crippen LogP contribution in [0.25, 0.3) is 0 Å². The van der Waals surface area contributed by atoms with Gasteiger partial charge in [-0.25, -0.2) is 0 Å². The highest BCUT2D eigenvalue weighted by molar-refractivity contribution is 6.23. The molecule has 132 valence electrons. The van der Waals surface area contributed by atoms with Crippen molar-refractivity contribution in [2.75, 3.05) is 25.3 Å². The highest BCUT2D eigenvalue weighted by atomic mass is 16.7. The van der Waals surface area contributed by atoms with Gasteiger partial charge in [-0.1, -0.05) is 36.9 Å². The van der Waals surface area contributed by atoms with Crippen molar-refractivity contribution in [1.82, 2.24) is 0 Å². The zero-order valence-electron chi connectivity index (χ0n) is 14.2. The van der Waals surface area contributed by atoms with E-state index in [2.05, 4.69) is 6.58 Å². The van der Waals surface area contributed by atoms with Crippen LogP contribution < -0.4 is 14.4 Å². The van der Waals surface area contributed by atoms with Gasteiger partial charge >= 0.3 is 5.97 Å².